The number of nitrogens with one attached hydrogen (secondary N) is 1. The number of hydrogen-bond acceptors (Lipinski definition) is 4. The third-order valence-electron chi connectivity index (χ3n) is 3.99. The van der Waals surface area contributed by atoms with Crippen LogP contribution in [0.25, 0.3) is 0 Å². The van der Waals surface area contributed by atoms with E-state index in [2.05, 4.69) is 21.8 Å². The standard InChI is InChI=1S/C13H24N4O/c1-2-17-9-15-7-13(17)12(6-14)16-11-5-3-4-10(11)8-18/h7,9-12,16,18H,2-6,8,14H2,1H3. The van der Waals surface area contributed by atoms with Crippen LogP contribution in [0.5, 0.6) is 0 Å². The molecular formula is C13H24N4O. The van der Waals surface area contributed by atoms with E-state index >= 15 is 0 Å². The summed E-state index contributed by atoms with van der Waals surface area (Å²) >= 11 is 0. The van der Waals surface area contributed by atoms with Gasteiger partial charge in [-0.05, 0) is 25.7 Å². The van der Waals surface area contributed by atoms with Crippen molar-refractivity contribution in [2.24, 2.45) is 11.7 Å². The highest BCUT2D eigenvalue weighted by Gasteiger charge is 2.29. The first-order valence-corrected chi connectivity index (χ1v) is 6.87. The number of aryl methyl sites for hydroxylation is 1. The molecule has 5 nitrogen and oxygen atoms in total. The summed E-state index contributed by atoms with van der Waals surface area (Å²) in [6.45, 7) is 3.83. The van der Waals surface area contributed by atoms with E-state index < -0.39 is 0 Å². The quantitative estimate of drug-likeness (QED) is 0.695. The molecule has 5 heteroatoms. The van der Waals surface area contributed by atoms with Crippen LogP contribution in [0, 0.1) is 5.92 Å². The summed E-state index contributed by atoms with van der Waals surface area (Å²) in [5.74, 6) is 0.372. The molecule has 0 aliphatic heterocycles. The van der Waals surface area contributed by atoms with E-state index in [1.165, 1.54) is 6.42 Å². The van der Waals surface area contributed by atoms with Crippen LogP contribution in [0.4, 0.5) is 0 Å². The Bertz CT molecular complexity index is 366. The number of imidazole rings is 1. The number of aliphatic hydroxyl groups is 1. The van der Waals surface area contributed by atoms with Gasteiger partial charge in [-0.25, -0.2) is 4.98 Å². The normalized spacial score (nSPS) is 25.5. The Morgan fingerprint density at radius 2 is 2.44 bits per heavy atom. The molecule has 0 saturated heterocycles. The van der Waals surface area contributed by atoms with Crippen molar-refractivity contribution >= 4 is 0 Å². The maximum absolute atomic E-state index is 9.36. The summed E-state index contributed by atoms with van der Waals surface area (Å²) in [5.41, 5.74) is 7.03. The fraction of sp³-hybridized carbons (Fsp3) is 0.769. The highest BCUT2D eigenvalue weighted by Crippen LogP contribution is 2.27. The highest BCUT2D eigenvalue weighted by atomic mass is 16.3. The third kappa shape index (κ3) is 2.74. The molecular weight excluding hydrogens is 228 g/mol. The Labute approximate surface area is 108 Å². The lowest BCUT2D eigenvalue weighted by molar-refractivity contribution is 0.199. The van der Waals surface area contributed by atoms with Gasteiger partial charge in [0.1, 0.15) is 0 Å². The zero-order chi connectivity index (χ0) is 13.0. The van der Waals surface area contributed by atoms with Crippen LogP contribution in [0.15, 0.2) is 12.5 Å². The fourth-order valence-corrected chi connectivity index (χ4v) is 2.89. The van der Waals surface area contributed by atoms with E-state index in [0.717, 1.165) is 25.1 Å². The van der Waals surface area contributed by atoms with E-state index in [-0.39, 0.29) is 12.6 Å². The second kappa shape index (κ2) is 6.31. The minimum Gasteiger partial charge on any atom is -0.396 e. The second-order valence-corrected chi connectivity index (χ2v) is 5.04. The van der Waals surface area contributed by atoms with E-state index in [1.54, 1.807) is 0 Å². The van der Waals surface area contributed by atoms with Crippen molar-refractivity contribution in [1.82, 2.24) is 14.9 Å². The Hall–Kier alpha value is -0.910. The number of nitrogens with zero attached hydrogens (tertiary/aromatic N) is 2. The molecule has 1 aliphatic rings. The summed E-state index contributed by atoms with van der Waals surface area (Å²) < 4.78 is 2.12. The van der Waals surface area contributed by atoms with Gasteiger partial charge in [0.25, 0.3) is 0 Å². The largest absolute Gasteiger partial charge is 0.396 e. The molecule has 0 bridgehead atoms. The molecule has 1 fully saturated rings. The molecule has 0 radical (unpaired) electrons. The van der Waals surface area contributed by atoms with Crippen LogP contribution >= 0.6 is 0 Å². The van der Waals surface area contributed by atoms with Gasteiger partial charge in [-0.15, -0.1) is 0 Å². The van der Waals surface area contributed by atoms with Crippen molar-refractivity contribution < 1.29 is 5.11 Å². The van der Waals surface area contributed by atoms with Crippen molar-refractivity contribution in [1.29, 1.82) is 0 Å². The number of hydrogen-bond donors (Lipinski definition) is 3. The molecule has 0 amide bonds. The van der Waals surface area contributed by atoms with E-state index in [9.17, 15) is 5.11 Å². The smallest absolute Gasteiger partial charge is 0.0948 e. The van der Waals surface area contributed by atoms with Gasteiger partial charge >= 0.3 is 0 Å². The lowest BCUT2D eigenvalue weighted by atomic mass is 10.0. The molecule has 1 saturated carbocycles. The molecule has 3 atom stereocenters. The van der Waals surface area contributed by atoms with Gasteiger partial charge < -0.3 is 20.7 Å². The van der Waals surface area contributed by atoms with Crippen molar-refractivity contribution in [2.75, 3.05) is 13.2 Å². The summed E-state index contributed by atoms with van der Waals surface area (Å²) in [5, 5.41) is 13.0. The average molecular weight is 252 g/mol. The maximum Gasteiger partial charge on any atom is 0.0948 e. The van der Waals surface area contributed by atoms with Crippen LogP contribution in [-0.2, 0) is 6.54 Å². The lowest BCUT2D eigenvalue weighted by Gasteiger charge is -2.26. The molecule has 1 aliphatic carbocycles. The van der Waals surface area contributed by atoms with Crippen LogP contribution in [0.1, 0.15) is 37.9 Å². The van der Waals surface area contributed by atoms with E-state index in [0.29, 0.717) is 18.5 Å². The minimum atomic E-state index is 0.129. The molecule has 0 spiro atoms. The number of aliphatic hydroxyl groups excluding tert-OH is 1. The molecule has 1 aromatic rings. The Kier molecular flexibility index (Phi) is 4.74. The molecule has 1 aromatic heterocycles. The summed E-state index contributed by atoms with van der Waals surface area (Å²) in [6, 6.07) is 0.508. The molecule has 2 rings (SSSR count). The number of rotatable bonds is 6. The number of aromatic nitrogens is 2. The summed E-state index contributed by atoms with van der Waals surface area (Å²) in [4.78, 5) is 4.19. The van der Waals surface area contributed by atoms with Gasteiger partial charge in [-0.2, -0.15) is 0 Å². The molecule has 1 heterocycles. The highest BCUT2D eigenvalue weighted by molar-refractivity contribution is 5.07. The third-order valence-corrected chi connectivity index (χ3v) is 3.99. The van der Waals surface area contributed by atoms with Crippen molar-refractivity contribution in [3.8, 4) is 0 Å². The SMILES string of the molecule is CCn1cncc1C(CN)NC1CCCC1CO. The topological polar surface area (TPSA) is 76.1 Å². The minimum absolute atomic E-state index is 0.129. The average Bonchev–Trinajstić information content (AvgIpc) is 3.03. The van der Waals surface area contributed by atoms with Crippen LogP contribution < -0.4 is 11.1 Å². The molecule has 3 unspecified atom stereocenters. The maximum atomic E-state index is 9.36. The van der Waals surface area contributed by atoms with Gasteiger partial charge in [0, 0.05) is 31.9 Å². The molecule has 4 N–H and O–H groups in total. The van der Waals surface area contributed by atoms with Gasteiger partial charge in [-0.1, -0.05) is 6.42 Å². The van der Waals surface area contributed by atoms with Crippen LogP contribution in [-0.4, -0.2) is 33.9 Å². The predicted molar refractivity (Wildman–Crippen MR) is 71.0 cm³/mol. The predicted octanol–water partition coefficient (Wildman–Crippen LogP) is 0.653. The van der Waals surface area contributed by atoms with Gasteiger partial charge in [0.15, 0.2) is 0 Å². The zero-order valence-electron chi connectivity index (χ0n) is 11.0. The number of nitrogens with two attached hydrogens (primary N) is 1. The molecule has 18 heavy (non-hydrogen) atoms. The van der Waals surface area contributed by atoms with Crippen molar-refractivity contribution in [2.45, 2.75) is 44.8 Å². The van der Waals surface area contributed by atoms with Gasteiger partial charge in [0.05, 0.1) is 18.1 Å². The Morgan fingerprint density at radius 1 is 1.61 bits per heavy atom. The summed E-state index contributed by atoms with van der Waals surface area (Å²) in [6.07, 6.45) is 7.16. The first-order valence-electron chi connectivity index (χ1n) is 6.87. The van der Waals surface area contributed by atoms with Crippen LogP contribution in [0.3, 0.4) is 0 Å². The first kappa shape index (κ1) is 13.5. The fourth-order valence-electron chi connectivity index (χ4n) is 2.89. The Balaban J connectivity index is 2.05. The molecule has 102 valence electrons. The van der Waals surface area contributed by atoms with Crippen molar-refractivity contribution in [3.05, 3.63) is 18.2 Å². The second-order valence-electron chi connectivity index (χ2n) is 5.04. The van der Waals surface area contributed by atoms with E-state index in [4.69, 9.17) is 5.73 Å². The van der Waals surface area contributed by atoms with Crippen molar-refractivity contribution in [3.63, 3.8) is 0 Å². The van der Waals surface area contributed by atoms with E-state index in [1.807, 2.05) is 12.5 Å². The lowest BCUT2D eigenvalue weighted by Crippen LogP contribution is -2.40. The van der Waals surface area contributed by atoms with Crippen LogP contribution in [0.2, 0.25) is 0 Å². The summed E-state index contributed by atoms with van der Waals surface area (Å²) in [7, 11) is 0. The molecule has 0 aromatic carbocycles. The van der Waals surface area contributed by atoms with Gasteiger partial charge in [0.2, 0.25) is 0 Å². The zero-order valence-corrected chi connectivity index (χ0v) is 11.0. The monoisotopic (exact) mass is 252 g/mol. The van der Waals surface area contributed by atoms with Gasteiger partial charge in [-0.3, -0.25) is 0 Å². The first-order chi connectivity index (χ1) is 8.80. The Morgan fingerprint density at radius 3 is 3.11 bits per heavy atom.